The minimum atomic E-state index is -0.897. The zero-order chi connectivity index (χ0) is 13.4. The largest absolute Gasteiger partial charge is 0.478 e. The quantitative estimate of drug-likeness (QED) is 0.935. The Morgan fingerprint density at radius 1 is 1.44 bits per heavy atom. The van der Waals surface area contributed by atoms with Crippen molar-refractivity contribution in [3.8, 4) is 0 Å². The molecule has 0 aliphatic heterocycles. The minimum Gasteiger partial charge on any atom is -0.478 e. The van der Waals surface area contributed by atoms with Crippen LogP contribution in [0.2, 0.25) is 0 Å². The Labute approximate surface area is 114 Å². The summed E-state index contributed by atoms with van der Waals surface area (Å²) in [7, 11) is 0. The number of aryl methyl sites for hydroxylation is 1. The molecule has 2 aromatic rings. The van der Waals surface area contributed by atoms with Crippen LogP contribution >= 0.6 is 15.9 Å². The number of carboxylic acid groups (broad SMARTS) is 1. The fraction of sp³-hybridized carbons (Fsp3) is 0.214. The summed E-state index contributed by atoms with van der Waals surface area (Å²) in [4.78, 5) is 11.0. The summed E-state index contributed by atoms with van der Waals surface area (Å²) in [6.45, 7) is 8.58. The maximum atomic E-state index is 11.0. The maximum Gasteiger partial charge on any atom is 0.335 e. The Kier molecular flexibility index (Phi) is 3.30. The SMILES string of the molecule is C=C(Br)Cn1c(C)c(C)c2cc(C(=O)O)ccc21. The van der Waals surface area contributed by atoms with Crippen LogP contribution < -0.4 is 0 Å². The van der Waals surface area contributed by atoms with Crippen molar-refractivity contribution in [3.63, 3.8) is 0 Å². The number of rotatable bonds is 3. The Morgan fingerprint density at radius 3 is 2.67 bits per heavy atom. The molecule has 0 spiro atoms. The number of allylic oxidation sites excluding steroid dienone is 1. The van der Waals surface area contributed by atoms with Crippen LogP contribution in [0.25, 0.3) is 10.9 Å². The normalized spacial score (nSPS) is 10.8. The summed E-state index contributed by atoms with van der Waals surface area (Å²) in [5.74, 6) is -0.897. The summed E-state index contributed by atoms with van der Waals surface area (Å²) >= 11 is 3.37. The van der Waals surface area contributed by atoms with Gasteiger partial charge in [-0.15, -0.1) is 0 Å². The highest BCUT2D eigenvalue weighted by Crippen LogP contribution is 2.27. The highest BCUT2D eigenvalue weighted by molar-refractivity contribution is 9.11. The van der Waals surface area contributed by atoms with E-state index in [0.29, 0.717) is 12.1 Å². The number of carboxylic acids is 1. The second-order valence-electron chi connectivity index (χ2n) is 4.35. The van der Waals surface area contributed by atoms with Gasteiger partial charge in [0.1, 0.15) is 0 Å². The predicted octanol–water partition coefficient (Wildman–Crippen LogP) is 3.86. The summed E-state index contributed by atoms with van der Waals surface area (Å²) in [5.41, 5.74) is 3.60. The molecule has 0 atom stereocenters. The van der Waals surface area contributed by atoms with Gasteiger partial charge in [0.25, 0.3) is 0 Å². The number of halogens is 1. The lowest BCUT2D eigenvalue weighted by Gasteiger charge is -2.07. The van der Waals surface area contributed by atoms with Gasteiger partial charge in [-0.2, -0.15) is 0 Å². The third-order valence-electron chi connectivity index (χ3n) is 3.22. The average Bonchev–Trinajstić information content (AvgIpc) is 2.54. The van der Waals surface area contributed by atoms with Gasteiger partial charge in [0.2, 0.25) is 0 Å². The zero-order valence-electron chi connectivity index (χ0n) is 10.3. The molecule has 0 aliphatic carbocycles. The van der Waals surface area contributed by atoms with E-state index < -0.39 is 5.97 Å². The Morgan fingerprint density at radius 2 is 2.11 bits per heavy atom. The van der Waals surface area contributed by atoms with Gasteiger partial charge in [0.15, 0.2) is 0 Å². The topological polar surface area (TPSA) is 42.2 Å². The number of aromatic carboxylic acids is 1. The van der Waals surface area contributed by atoms with E-state index in [0.717, 1.165) is 26.6 Å². The van der Waals surface area contributed by atoms with E-state index in [4.69, 9.17) is 5.11 Å². The van der Waals surface area contributed by atoms with Crippen molar-refractivity contribution in [2.75, 3.05) is 0 Å². The molecule has 4 heteroatoms. The number of hydrogen-bond donors (Lipinski definition) is 1. The molecule has 0 saturated heterocycles. The van der Waals surface area contributed by atoms with Crippen molar-refractivity contribution in [1.29, 1.82) is 0 Å². The van der Waals surface area contributed by atoms with Gasteiger partial charge < -0.3 is 9.67 Å². The van der Waals surface area contributed by atoms with Gasteiger partial charge >= 0.3 is 5.97 Å². The molecule has 0 amide bonds. The van der Waals surface area contributed by atoms with Crippen molar-refractivity contribution < 1.29 is 9.90 Å². The maximum absolute atomic E-state index is 11.0. The fourth-order valence-corrected chi connectivity index (χ4v) is 2.41. The summed E-state index contributed by atoms with van der Waals surface area (Å²) in [6, 6.07) is 5.22. The molecule has 0 radical (unpaired) electrons. The molecule has 18 heavy (non-hydrogen) atoms. The second kappa shape index (κ2) is 4.61. The van der Waals surface area contributed by atoms with Gasteiger partial charge in [0.05, 0.1) is 12.1 Å². The Hall–Kier alpha value is -1.55. The molecular formula is C14H14BrNO2. The third kappa shape index (κ3) is 2.08. The van der Waals surface area contributed by atoms with Crippen molar-refractivity contribution in [2.24, 2.45) is 0 Å². The first kappa shape index (κ1) is 12.9. The van der Waals surface area contributed by atoms with Crippen LogP contribution in [0.3, 0.4) is 0 Å². The second-order valence-corrected chi connectivity index (χ2v) is 5.47. The van der Waals surface area contributed by atoms with E-state index in [1.807, 2.05) is 19.9 Å². The minimum absolute atomic E-state index is 0.320. The van der Waals surface area contributed by atoms with Crippen LogP contribution in [0, 0.1) is 13.8 Å². The number of nitrogens with zero attached hydrogens (tertiary/aromatic N) is 1. The smallest absolute Gasteiger partial charge is 0.335 e. The lowest BCUT2D eigenvalue weighted by Crippen LogP contribution is -2.00. The molecule has 3 nitrogen and oxygen atoms in total. The molecule has 0 bridgehead atoms. The highest BCUT2D eigenvalue weighted by atomic mass is 79.9. The van der Waals surface area contributed by atoms with Crippen LogP contribution in [-0.4, -0.2) is 15.6 Å². The predicted molar refractivity (Wildman–Crippen MR) is 76.4 cm³/mol. The van der Waals surface area contributed by atoms with Gasteiger partial charge in [-0.3, -0.25) is 0 Å². The standard InChI is InChI=1S/C14H14BrNO2/c1-8(15)7-16-10(3)9(2)12-6-11(14(17)18)4-5-13(12)16/h4-6H,1,7H2,2-3H3,(H,17,18). The molecular weight excluding hydrogens is 294 g/mol. The lowest BCUT2D eigenvalue weighted by atomic mass is 10.1. The van der Waals surface area contributed by atoms with E-state index in [-0.39, 0.29) is 0 Å². The number of benzene rings is 1. The van der Waals surface area contributed by atoms with E-state index in [9.17, 15) is 4.79 Å². The average molecular weight is 308 g/mol. The molecule has 0 saturated carbocycles. The number of fused-ring (bicyclic) bond motifs is 1. The van der Waals surface area contributed by atoms with Crippen molar-refractivity contribution in [3.05, 3.63) is 46.1 Å². The summed E-state index contributed by atoms with van der Waals surface area (Å²) in [5, 5.41) is 10.0. The molecule has 1 N–H and O–H groups in total. The first-order valence-electron chi connectivity index (χ1n) is 5.58. The van der Waals surface area contributed by atoms with Gasteiger partial charge in [0, 0.05) is 21.1 Å². The van der Waals surface area contributed by atoms with E-state index in [2.05, 4.69) is 27.1 Å². The number of hydrogen-bond acceptors (Lipinski definition) is 1. The van der Waals surface area contributed by atoms with Crippen molar-refractivity contribution >= 4 is 32.8 Å². The molecule has 0 unspecified atom stereocenters. The van der Waals surface area contributed by atoms with Crippen LogP contribution in [0.4, 0.5) is 0 Å². The van der Waals surface area contributed by atoms with E-state index >= 15 is 0 Å². The van der Waals surface area contributed by atoms with E-state index in [1.165, 1.54) is 0 Å². The van der Waals surface area contributed by atoms with Gasteiger partial charge in [-0.1, -0.05) is 22.5 Å². The zero-order valence-corrected chi connectivity index (χ0v) is 11.9. The molecule has 1 aromatic carbocycles. The Balaban J connectivity index is 2.71. The molecule has 0 fully saturated rings. The number of aromatic nitrogens is 1. The van der Waals surface area contributed by atoms with Crippen LogP contribution in [-0.2, 0) is 6.54 Å². The van der Waals surface area contributed by atoms with Crippen LogP contribution in [0.1, 0.15) is 21.6 Å². The Bertz CT molecular complexity index is 655. The first-order chi connectivity index (χ1) is 8.41. The van der Waals surface area contributed by atoms with Gasteiger partial charge in [-0.25, -0.2) is 4.79 Å². The molecule has 94 valence electrons. The molecule has 0 aliphatic rings. The van der Waals surface area contributed by atoms with E-state index in [1.54, 1.807) is 12.1 Å². The molecule has 1 aromatic heterocycles. The third-order valence-corrected chi connectivity index (χ3v) is 3.47. The first-order valence-corrected chi connectivity index (χ1v) is 6.37. The number of carbonyl (C=O) groups is 1. The summed E-state index contributed by atoms with van der Waals surface area (Å²) in [6.07, 6.45) is 0. The van der Waals surface area contributed by atoms with Crippen molar-refractivity contribution in [1.82, 2.24) is 4.57 Å². The fourth-order valence-electron chi connectivity index (χ4n) is 2.16. The van der Waals surface area contributed by atoms with Crippen molar-refractivity contribution in [2.45, 2.75) is 20.4 Å². The molecule has 2 rings (SSSR count). The van der Waals surface area contributed by atoms with Crippen LogP contribution in [0.5, 0.6) is 0 Å². The highest BCUT2D eigenvalue weighted by Gasteiger charge is 2.13. The van der Waals surface area contributed by atoms with Crippen LogP contribution in [0.15, 0.2) is 29.3 Å². The summed E-state index contributed by atoms with van der Waals surface area (Å²) < 4.78 is 3.03. The molecule has 1 heterocycles. The monoisotopic (exact) mass is 307 g/mol. The lowest BCUT2D eigenvalue weighted by molar-refractivity contribution is 0.0697. The van der Waals surface area contributed by atoms with Gasteiger partial charge in [-0.05, 0) is 37.6 Å².